The van der Waals surface area contributed by atoms with Gasteiger partial charge in [0.25, 0.3) is 0 Å². The first-order valence-corrected chi connectivity index (χ1v) is 5.21. The Hall–Kier alpha value is -1.10. The summed E-state index contributed by atoms with van der Waals surface area (Å²) in [4.78, 5) is 23.8. The summed E-state index contributed by atoms with van der Waals surface area (Å²) in [6, 6.07) is -0.834. The Kier molecular flexibility index (Phi) is 5.93. The fourth-order valence-electron chi connectivity index (χ4n) is 1.44. The Morgan fingerprint density at radius 3 is 2.27 bits per heavy atom. The quantitative estimate of drug-likeness (QED) is 0.674. The minimum atomic E-state index is -0.904. The van der Waals surface area contributed by atoms with Crippen molar-refractivity contribution in [3.05, 3.63) is 0 Å². The molecule has 0 aromatic heterocycles. The molecule has 15 heavy (non-hydrogen) atoms. The molecule has 0 rings (SSSR count). The predicted molar refractivity (Wildman–Crippen MR) is 57.4 cm³/mol. The molecule has 0 spiro atoms. The fraction of sp³-hybridized carbons (Fsp3) is 0.800. The van der Waals surface area contributed by atoms with Crippen LogP contribution in [0.3, 0.4) is 0 Å². The molecule has 0 aromatic carbocycles. The maximum Gasteiger partial charge on any atom is 0.305 e. The highest BCUT2D eigenvalue weighted by atomic mass is 16.4. The molecule has 0 saturated heterocycles. The summed E-state index contributed by atoms with van der Waals surface area (Å²) in [7, 11) is 0. The van der Waals surface area contributed by atoms with Crippen LogP contribution < -0.4 is 5.73 Å². The zero-order valence-corrected chi connectivity index (χ0v) is 9.56. The van der Waals surface area contributed by atoms with E-state index in [-0.39, 0.29) is 18.4 Å². The predicted octanol–water partition coefficient (Wildman–Crippen LogP) is 0.435. The van der Waals surface area contributed by atoms with Gasteiger partial charge in [0.05, 0.1) is 12.5 Å². The van der Waals surface area contributed by atoms with Gasteiger partial charge in [-0.05, 0) is 20.3 Å². The van der Waals surface area contributed by atoms with Gasteiger partial charge in [-0.25, -0.2) is 0 Å². The normalized spacial score (nSPS) is 14.4. The summed E-state index contributed by atoms with van der Waals surface area (Å²) in [6.07, 6.45) is 0.519. The summed E-state index contributed by atoms with van der Waals surface area (Å²) in [5, 5.41) is 8.64. The lowest BCUT2D eigenvalue weighted by atomic mass is 10.1. The average molecular weight is 216 g/mol. The van der Waals surface area contributed by atoms with E-state index in [0.29, 0.717) is 13.0 Å². The number of nitrogens with zero attached hydrogens (tertiary/aromatic N) is 1. The standard InChI is InChI=1S/C10H20N2O3/c1-4-8(11)10(15)12(5-2)7(3)6-9(13)14/h7-8H,4-6,11H2,1-3H3,(H,13,14). The number of aliphatic carboxylic acids is 1. The maximum atomic E-state index is 11.7. The van der Waals surface area contributed by atoms with Crippen molar-refractivity contribution in [2.24, 2.45) is 5.73 Å². The molecule has 0 aliphatic heterocycles. The van der Waals surface area contributed by atoms with E-state index in [1.165, 1.54) is 4.90 Å². The van der Waals surface area contributed by atoms with Gasteiger partial charge in [0.15, 0.2) is 0 Å². The molecule has 0 bridgehead atoms. The Balaban J connectivity index is 4.46. The first-order valence-electron chi connectivity index (χ1n) is 5.21. The van der Waals surface area contributed by atoms with Gasteiger partial charge in [0.2, 0.25) is 5.91 Å². The summed E-state index contributed by atoms with van der Waals surface area (Å²) in [6.45, 7) is 5.86. The van der Waals surface area contributed by atoms with E-state index >= 15 is 0 Å². The van der Waals surface area contributed by atoms with E-state index in [2.05, 4.69) is 0 Å². The molecule has 3 N–H and O–H groups in total. The molecule has 0 aliphatic rings. The third kappa shape index (κ3) is 4.29. The highest BCUT2D eigenvalue weighted by molar-refractivity contribution is 5.82. The van der Waals surface area contributed by atoms with Crippen LogP contribution in [0, 0.1) is 0 Å². The van der Waals surface area contributed by atoms with Crippen LogP contribution >= 0.6 is 0 Å². The Labute approximate surface area is 90.2 Å². The lowest BCUT2D eigenvalue weighted by molar-refractivity contribution is -0.140. The molecule has 0 fully saturated rings. The summed E-state index contributed by atoms with van der Waals surface area (Å²) in [5.74, 6) is -1.08. The number of hydrogen-bond donors (Lipinski definition) is 2. The Morgan fingerprint density at radius 1 is 1.40 bits per heavy atom. The van der Waals surface area contributed by atoms with Crippen LogP contribution in [0.25, 0.3) is 0 Å². The minimum absolute atomic E-state index is 0.0456. The summed E-state index contributed by atoms with van der Waals surface area (Å²) in [5.41, 5.74) is 5.62. The SMILES string of the molecule is CCC(N)C(=O)N(CC)C(C)CC(=O)O. The van der Waals surface area contributed by atoms with Gasteiger partial charge >= 0.3 is 5.97 Å². The van der Waals surface area contributed by atoms with Crippen molar-refractivity contribution in [1.82, 2.24) is 4.90 Å². The van der Waals surface area contributed by atoms with E-state index in [9.17, 15) is 9.59 Å². The first kappa shape index (κ1) is 13.9. The van der Waals surface area contributed by atoms with E-state index in [1.807, 2.05) is 13.8 Å². The zero-order chi connectivity index (χ0) is 12.0. The maximum absolute atomic E-state index is 11.7. The molecular weight excluding hydrogens is 196 g/mol. The monoisotopic (exact) mass is 216 g/mol. The van der Waals surface area contributed by atoms with E-state index < -0.39 is 12.0 Å². The lowest BCUT2D eigenvalue weighted by Gasteiger charge is -2.29. The van der Waals surface area contributed by atoms with Crippen LogP contribution in [0.5, 0.6) is 0 Å². The number of likely N-dealkylation sites (N-methyl/N-ethyl adjacent to an activating group) is 1. The van der Waals surface area contributed by atoms with Crippen LogP contribution in [0.4, 0.5) is 0 Å². The van der Waals surface area contributed by atoms with Gasteiger partial charge in [0, 0.05) is 12.6 Å². The number of hydrogen-bond acceptors (Lipinski definition) is 3. The van der Waals surface area contributed by atoms with Crippen LogP contribution in [0.15, 0.2) is 0 Å². The van der Waals surface area contributed by atoms with Crippen LogP contribution in [-0.2, 0) is 9.59 Å². The van der Waals surface area contributed by atoms with Crippen LogP contribution in [0.2, 0.25) is 0 Å². The Morgan fingerprint density at radius 2 is 1.93 bits per heavy atom. The van der Waals surface area contributed by atoms with Gasteiger partial charge in [0.1, 0.15) is 0 Å². The van der Waals surface area contributed by atoms with Crippen molar-refractivity contribution in [3.63, 3.8) is 0 Å². The summed E-state index contributed by atoms with van der Waals surface area (Å²) >= 11 is 0. The molecule has 5 heteroatoms. The van der Waals surface area contributed by atoms with Crippen molar-refractivity contribution >= 4 is 11.9 Å². The average Bonchev–Trinajstić information content (AvgIpc) is 2.16. The van der Waals surface area contributed by atoms with Gasteiger partial charge in [-0.3, -0.25) is 9.59 Å². The second kappa shape index (κ2) is 6.40. The highest BCUT2D eigenvalue weighted by Gasteiger charge is 2.24. The van der Waals surface area contributed by atoms with Crippen molar-refractivity contribution < 1.29 is 14.7 Å². The van der Waals surface area contributed by atoms with E-state index in [1.54, 1.807) is 6.92 Å². The molecule has 88 valence electrons. The van der Waals surface area contributed by atoms with Crippen molar-refractivity contribution in [1.29, 1.82) is 0 Å². The highest BCUT2D eigenvalue weighted by Crippen LogP contribution is 2.06. The van der Waals surface area contributed by atoms with Gasteiger partial charge < -0.3 is 15.7 Å². The van der Waals surface area contributed by atoms with Gasteiger partial charge in [-0.1, -0.05) is 6.92 Å². The van der Waals surface area contributed by atoms with Gasteiger partial charge in [-0.15, -0.1) is 0 Å². The molecular formula is C10H20N2O3. The van der Waals surface area contributed by atoms with Gasteiger partial charge in [-0.2, -0.15) is 0 Å². The molecule has 0 radical (unpaired) electrons. The lowest BCUT2D eigenvalue weighted by Crippen LogP contribution is -2.48. The number of carbonyl (C=O) groups excluding carboxylic acids is 1. The Bertz CT molecular complexity index is 231. The molecule has 2 atom stereocenters. The second-order valence-corrected chi connectivity index (χ2v) is 3.59. The number of carboxylic acid groups (broad SMARTS) is 1. The van der Waals surface area contributed by atoms with E-state index in [0.717, 1.165) is 0 Å². The van der Waals surface area contributed by atoms with Crippen LogP contribution in [0.1, 0.15) is 33.6 Å². The zero-order valence-electron chi connectivity index (χ0n) is 9.56. The molecule has 0 heterocycles. The topological polar surface area (TPSA) is 83.6 Å². The molecule has 0 aromatic rings. The fourth-order valence-corrected chi connectivity index (χ4v) is 1.44. The number of carbonyl (C=O) groups is 2. The molecule has 5 nitrogen and oxygen atoms in total. The molecule has 0 saturated carbocycles. The third-order valence-corrected chi connectivity index (χ3v) is 2.38. The van der Waals surface area contributed by atoms with Crippen molar-refractivity contribution in [2.45, 2.75) is 45.7 Å². The van der Waals surface area contributed by atoms with E-state index in [4.69, 9.17) is 10.8 Å². The largest absolute Gasteiger partial charge is 0.481 e. The molecule has 0 aliphatic carbocycles. The summed E-state index contributed by atoms with van der Waals surface area (Å²) < 4.78 is 0. The number of amides is 1. The molecule has 2 unspecified atom stereocenters. The smallest absolute Gasteiger partial charge is 0.305 e. The molecule has 1 amide bonds. The number of rotatable bonds is 6. The third-order valence-electron chi connectivity index (χ3n) is 2.38. The second-order valence-electron chi connectivity index (χ2n) is 3.59. The van der Waals surface area contributed by atoms with Crippen LogP contribution in [-0.4, -0.2) is 40.5 Å². The number of nitrogens with two attached hydrogens (primary N) is 1. The minimum Gasteiger partial charge on any atom is -0.481 e. The number of carboxylic acids is 1. The van der Waals surface area contributed by atoms with Crippen molar-refractivity contribution in [3.8, 4) is 0 Å². The van der Waals surface area contributed by atoms with Crippen molar-refractivity contribution in [2.75, 3.05) is 6.54 Å². The first-order chi connectivity index (χ1) is 6.93.